The van der Waals surface area contributed by atoms with Gasteiger partial charge in [-0.15, -0.1) is 11.8 Å². The molecule has 2 amide bonds. The van der Waals surface area contributed by atoms with Crippen LogP contribution in [0.4, 0.5) is 0 Å². The fraction of sp³-hybridized carbons (Fsp3) is 0.833. The van der Waals surface area contributed by atoms with Gasteiger partial charge < -0.3 is 21.3 Å². The van der Waals surface area contributed by atoms with Gasteiger partial charge in [-0.2, -0.15) is 0 Å². The lowest BCUT2D eigenvalue weighted by molar-refractivity contribution is -0.140. The lowest BCUT2D eigenvalue weighted by Gasteiger charge is -2.35. The summed E-state index contributed by atoms with van der Waals surface area (Å²) in [6, 6.07) is 0.541. The normalized spacial score (nSPS) is 25.6. The molecule has 4 fully saturated rings. The Hall–Kier alpha value is -1.84. The van der Waals surface area contributed by atoms with E-state index in [-0.39, 0.29) is 46.6 Å². The van der Waals surface area contributed by atoms with Crippen LogP contribution in [0.15, 0.2) is 0 Å². The van der Waals surface area contributed by atoms with Gasteiger partial charge in [-0.3, -0.25) is 9.59 Å². The summed E-state index contributed by atoms with van der Waals surface area (Å²) < 4.78 is 0. The number of thiocarbonyl (C=S) groups is 2. The van der Waals surface area contributed by atoms with Crippen molar-refractivity contribution in [1.29, 1.82) is 0 Å². The molecule has 2 aliphatic carbocycles. The second kappa shape index (κ2) is 23.7. The van der Waals surface area contributed by atoms with E-state index in [2.05, 4.69) is 88.9 Å². The molecule has 4 rings (SSSR count). The zero-order chi connectivity index (χ0) is 41.5. The highest BCUT2D eigenvalue weighted by Gasteiger charge is 2.40. The Labute approximate surface area is 354 Å². The average molecular weight is 809 g/mol. The van der Waals surface area contributed by atoms with Crippen LogP contribution in [0.25, 0.3) is 0 Å². The van der Waals surface area contributed by atoms with Gasteiger partial charge in [0.2, 0.25) is 11.8 Å². The maximum Gasteiger partial charge on any atom is 0.226 e. The molecule has 2 saturated carbocycles. The molecule has 4 aliphatic rings. The summed E-state index contributed by atoms with van der Waals surface area (Å²) in [5, 5.41) is 0. The van der Waals surface area contributed by atoms with Gasteiger partial charge in [-0.1, -0.05) is 130 Å². The van der Waals surface area contributed by atoms with Crippen LogP contribution in [0.1, 0.15) is 171 Å². The molecule has 2 aliphatic heterocycles. The number of carbonyl (C=O) groups is 2. The first-order valence-electron chi connectivity index (χ1n) is 22.5. The van der Waals surface area contributed by atoms with Gasteiger partial charge in [0.1, 0.15) is 0 Å². The smallest absolute Gasteiger partial charge is 0.226 e. The van der Waals surface area contributed by atoms with E-state index < -0.39 is 0 Å². The number of likely N-dealkylation sites (tertiary alicyclic amines) is 2. The van der Waals surface area contributed by atoms with Crippen molar-refractivity contribution < 1.29 is 9.59 Å². The number of rotatable bonds is 16. The minimum absolute atomic E-state index is 0.0944. The Bertz CT molecular complexity index is 1290. The van der Waals surface area contributed by atoms with Crippen LogP contribution in [0.3, 0.4) is 0 Å². The van der Waals surface area contributed by atoms with Crippen LogP contribution in [0, 0.1) is 70.0 Å². The van der Waals surface area contributed by atoms with Gasteiger partial charge in [0.25, 0.3) is 0 Å². The SMILES string of the molecule is CCCCC1CC(C#CCC2CCCN2C(=O)C(CC(=S)CN)C(C)(C)C)C1.CCCCC1CC(C#CCC2CCCN2C(=O)C(CC(=S)CN)C(C)(C)C)C1. The minimum atomic E-state index is -0.117. The van der Waals surface area contributed by atoms with Gasteiger partial charge in [-0.05, 0) is 86.9 Å². The molecule has 2 saturated heterocycles. The topological polar surface area (TPSA) is 92.7 Å². The zero-order valence-electron chi connectivity index (χ0n) is 36.9. The first-order chi connectivity index (χ1) is 26.5. The first kappa shape index (κ1) is 48.5. The number of nitrogens with two attached hydrogens (primary N) is 2. The molecule has 0 aromatic heterocycles. The summed E-state index contributed by atoms with van der Waals surface area (Å²) in [4.78, 5) is 32.5. The van der Waals surface area contributed by atoms with Crippen molar-refractivity contribution in [1.82, 2.24) is 9.80 Å². The van der Waals surface area contributed by atoms with Crippen molar-refractivity contribution in [2.24, 2.45) is 57.8 Å². The second-order valence-electron chi connectivity index (χ2n) is 19.8. The van der Waals surface area contributed by atoms with E-state index in [4.69, 9.17) is 35.9 Å². The van der Waals surface area contributed by atoms with Gasteiger partial charge in [0, 0.05) is 84.5 Å². The first-order valence-corrected chi connectivity index (χ1v) is 23.3. The van der Waals surface area contributed by atoms with E-state index in [9.17, 15) is 9.59 Å². The highest BCUT2D eigenvalue weighted by molar-refractivity contribution is 7.80. The zero-order valence-corrected chi connectivity index (χ0v) is 38.5. The van der Waals surface area contributed by atoms with Gasteiger partial charge in [0.15, 0.2) is 0 Å². The largest absolute Gasteiger partial charge is 0.338 e. The van der Waals surface area contributed by atoms with E-state index in [0.29, 0.717) is 37.8 Å². The lowest BCUT2D eigenvalue weighted by Crippen LogP contribution is -2.44. The fourth-order valence-corrected chi connectivity index (χ4v) is 9.37. The van der Waals surface area contributed by atoms with E-state index in [1.54, 1.807) is 0 Å². The number of unbranched alkanes of at least 4 members (excludes halogenated alkanes) is 2. The molecule has 2 heterocycles. The summed E-state index contributed by atoms with van der Waals surface area (Å²) >= 11 is 10.7. The average Bonchev–Trinajstić information content (AvgIpc) is 3.79. The predicted molar refractivity (Wildman–Crippen MR) is 244 cm³/mol. The van der Waals surface area contributed by atoms with E-state index in [1.165, 1.54) is 64.2 Å². The molecule has 316 valence electrons. The van der Waals surface area contributed by atoms with Crippen molar-refractivity contribution in [3.63, 3.8) is 0 Å². The highest BCUT2D eigenvalue weighted by atomic mass is 32.1. The molecule has 0 spiro atoms. The summed E-state index contributed by atoms with van der Waals surface area (Å²) in [7, 11) is 0. The van der Waals surface area contributed by atoms with Crippen molar-refractivity contribution in [2.75, 3.05) is 26.2 Å². The molecule has 4 atom stereocenters. The van der Waals surface area contributed by atoms with Gasteiger partial charge in [0.05, 0.1) is 0 Å². The molecule has 0 aromatic rings. The summed E-state index contributed by atoms with van der Waals surface area (Å²) in [5.74, 6) is 17.1. The third-order valence-electron chi connectivity index (χ3n) is 13.0. The second-order valence-corrected chi connectivity index (χ2v) is 20.9. The molecule has 4 N–H and O–H groups in total. The summed E-state index contributed by atoms with van der Waals surface area (Å²) in [6.07, 6.45) is 20.3. The van der Waals surface area contributed by atoms with Crippen LogP contribution in [-0.2, 0) is 9.59 Å². The summed E-state index contributed by atoms with van der Waals surface area (Å²) in [5.41, 5.74) is 11.2. The Morgan fingerprint density at radius 3 is 1.32 bits per heavy atom. The molecule has 6 nitrogen and oxygen atoms in total. The molecule has 0 radical (unpaired) electrons. The Morgan fingerprint density at radius 1 is 0.661 bits per heavy atom. The van der Waals surface area contributed by atoms with Gasteiger partial charge >= 0.3 is 0 Å². The van der Waals surface area contributed by atoms with Crippen LogP contribution >= 0.6 is 24.4 Å². The highest BCUT2D eigenvalue weighted by Crippen LogP contribution is 2.39. The quantitative estimate of drug-likeness (QED) is 0.119. The molecule has 0 aromatic carbocycles. The van der Waals surface area contributed by atoms with Gasteiger partial charge in [-0.25, -0.2) is 0 Å². The molecular formula is C48H80N4O2S2. The van der Waals surface area contributed by atoms with Crippen LogP contribution in [0.2, 0.25) is 0 Å². The Morgan fingerprint density at radius 2 is 1.02 bits per heavy atom. The Kier molecular flexibility index (Phi) is 20.5. The number of hydrogen-bond donors (Lipinski definition) is 2. The number of hydrogen-bond acceptors (Lipinski definition) is 6. The molecule has 56 heavy (non-hydrogen) atoms. The van der Waals surface area contributed by atoms with Crippen LogP contribution in [0.5, 0.6) is 0 Å². The van der Waals surface area contributed by atoms with E-state index >= 15 is 0 Å². The number of nitrogens with zero attached hydrogens (tertiary/aromatic N) is 2. The van der Waals surface area contributed by atoms with Crippen molar-refractivity contribution in [2.45, 2.75) is 183 Å². The third-order valence-corrected chi connectivity index (χ3v) is 13.7. The predicted octanol–water partition coefficient (Wildman–Crippen LogP) is 9.94. The third kappa shape index (κ3) is 15.4. The maximum atomic E-state index is 13.3. The van der Waals surface area contributed by atoms with Crippen molar-refractivity contribution in [3.8, 4) is 23.7 Å². The molecule has 0 bridgehead atoms. The fourth-order valence-electron chi connectivity index (χ4n) is 9.03. The standard InChI is InChI=1S/2C24H40N2OS/c2*1-5-6-9-18-14-19(15-18)10-7-11-20-12-8-13-26(20)23(27)22(24(2,3)4)16-21(28)17-25/h2*18-20,22H,5-6,8-9,11-17,25H2,1-4H3. The van der Waals surface area contributed by atoms with Crippen LogP contribution in [-0.4, -0.2) is 69.6 Å². The van der Waals surface area contributed by atoms with Crippen LogP contribution < -0.4 is 11.5 Å². The summed E-state index contributed by atoms with van der Waals surface area (Å²) in [6.45, 7) is 19.8. The Balaban J connectivity index is 0.000000300. The lowest BCUT2D eigenvalue weighted by atomic mass is 9.73. The minimum Gasteiger partial charge on any atom is -0.338 e. The van der Waals surface area contributed by atoms with E-state index in [0.717, 1.165) is 73.2 Å². The van der Waals surface area contributed by atoms with Crippen molar-refractivity contribution >= 4 is 46.0 Å². The van der Waals surface area contributed by atoms with Crippen molar-refractivity contribution in [3.05, 3.63) is 0 Å². The molecule has 4 unspecified atom stereocenters. The maximum absolute atomic E-state index is 13.3. The monoisotopic (exact) mass is 809 g/mol. The number of amides is 2. The molecular weight excluding hydrogens is 729 g/mol. The molecule has 8 heteroatoms. The number of carbonyl (C=O) groups excluding carboxylic acids is 2. The van der Waals surface area contributed by atoms with E-state index in [1.807, 2.05) is 0 Å².